The van der Waals surface area contributed by atoms with Gasteiger partial charge in [0.1, 0.15) is 0 Å². The summed E-state index contributed by atoms with van der Waals surface area (Å²) in [5.74, 6) is 6.53. The second-order valence-corrected chi connectivity index (χ2v) is 62.9. The summed E-state index contributed by atoms with van der Waals surface area (Å²) in [7, 11) is -2.20. The van der Waals surface area contributed by atoms with Gasteiger partial charge in [-0.3, -0.25) is 0 Å². The SMILES string of the molecule is CCCCCCCCCCCS(CCCCCCCCCCC)=P([O-])([O-])[S-].CCCCCCCCCCCS(CCCCCCCCCCC)=P([O-])([O-])[S-].CCCCCCCCCCCS(CCCCCCCCCCC)=P([O-])([O-])[S-].CCCCCCCCCCCS(CCCCCCCCCCC)=P([O-])([O-])[S-].[Mo+4].[Mo+4].[Mo+4]. The van der Waals surface area contributed by atoms with Crippen molar-refractivity contribution in [1.82, 2.24) is 0 Å². The number of hydrogen-bond acceptors (Lipinski definition) is 12. The largest absolute Gasteiger partial charge is 4.00 e. The van der Waals surface area contributed by atoms with Gasteiger partial charge < -0.3 is 111 Å². The molecule has 0 unspecified atom stereocenters. The Morgan fingerprint density at radius 3 is 0.261 bits per heavy atom. The van der Waals surface area contributed by atoms with Gasteiger partial charge in [-0.25, -0.2) is 40.3 Å². The van der Waals surface area contributed by atoms with E-state index in [-0.39, 0.29) is 63.2 Å². The standard InChI is InChI=1S/4C22H46O2PS2.3Mo/c4*1-3-5-7-9-11-13-15-17-19-21-27(25(23,24)26)22-20-18-16-14-12-10-8-6-4-2;;;/h4*3-22H2,1-2H3;;;/q4*-3;3*+4. The predicted molar refractivity (Wildman–Crippen MR) is 503 cm³/mol. The van der Waals surface area contributed by atoms with E-state index in [4.69, 9.17) is 49.0 Å². The minimum atomic E-state index is -3.56. The normalized spacial score (nSPS) is 11.9. The summed E-state index contributed by atoms with van der Waals surface area (Å²) < 4.78 is 0. The molecule has 0 spiro atoms. The molecule has 0 radical (unpaired) electrons. The van der Waals surface area contributed by atoms with E-state index in [1.54, 1.807) is 0 Å². The van der Waals surface area contributed by atoms with Crippen molar-refractivity contribution in [2.24, 2.45) is 0 Å². The molecule has 670 valence electrons. The Balaban J connectivity index is -0.000000258. The van der Waals surface area contributed by atoms with Gasteiger partial charge in [-0.2, -0.15) is 0 Å². The quantitative estimate of drug-likeness (QED) is 0.0243. The summed E-state index contributed by atoms with van der Waals surface area (Å²) in [5.41, 5.74) is -14.3. The average Bonchev–Trinajstić information content (AvgIpc) is 0.920. The maximum Gasteiger partial charge on any atom is 4.00 e. The Kier molecular flexibility index (Phi) is 121. The van der Waals surface area contributed by atoms with E-state index in [0.717, 1.165) is 97.4 Å². The fraction of sp³-hybridized carbons (Fsp3) is 1.00. The summed E-state index contributed by atoms with van der Waals surface area (Å²) in [5, 5.41) is 0. The van der Waals surface area contributed by atoms with Crippen LogP contribution in [0.1, 0.15) is 518 Å². The monoisotopic (exact) mass is 2040 g/mol. The molecule has 8 nitrogen and oxygen atoms in total. The van der Waals surface area contributed by atoms with Crippen LogP contribution in [0.4, 0.5) is 0 Å². The number of hydrogen-bond donors (Lipinski definition) is 0. The van der Waals surface area contributed by atoms with Gasteiger partial charge in [-0.15, -0.1) is 0 Å². The molecule has 0 amide bonds. The molecule has 23 heteroatoms. The van der Waals surface area contributed by atoms with Gasteiger partial charge in [-0.05, 0) is 97.4 Å². The molecule has 0 aliphatic carbocycles. The van der Waals surface area contributed by atoms with Gasteiger partial charge in [0.2, 0.25) is 0 Å². The Bertz CT molecular complexity index is 1650. The second kappa shape index (κ2) is 103. The Morgan fingerprint density at radius 1 is 0.135 bits per heavy atom. The minimum Gasteiger partial charge on any atom is -0.854 e. The maximum absolute atomic E-state index is 11.9. The van der Waals surface area contributed by atoms with E-state index in [2.05, 4.69) is 55.4 Å². The molecule has 0 heterocycles. The molecule has 0 bridgehead atoms. The maximum atomic E-state index is 11.9. The minimum absolute atomic E-state index is 0. The van der Waals surface area contributed by atoms with Crippen molar-refractivity contribution < 1.29 is 102 Å². The second-order valence-electron chi connectivity index (χ2n) is 31.9. The summed E-state index contributed by atoms with van der Waals surface area (Å²) >= 11 is 19.4. The van der Waals surface area contributed by atoms with Crippen molar-refractivity contribution in [2.75, 3.05) is 46.0 Å². The van der Waals surface area contributed by atoms with Crippen LogP contribution in [-0.2, 0) is 152 Å². The third-order valence-corrected chi connectivity index (χ3v) is 49.3. The molecular weight excluding hydrogens is 1850 g/mol. The molecule has 0 aliphatic heterocycles. The number of rotatable bonds is 80. The van der Waals surface area contributed by atoms with Gasteiger partial charge in [0.15, 0.2) is 0 Å². The van der Waals surface area contributed by atoms with Crippen molar-refractivity contribution in [1.29, 1.82) is 0 Å². The molecule has 0 saturated carbocycles. The van der Waals surface area contributed by atoms with E-state index >= 15 is 0 Å². The Morgan fingerprint density at radius 2 is 0.198 bits per heavy atom. The van der Waals surface area contributed by atoms with E-state index in [0.29, 0.717) is 0 Å². The van der Waals surface area contributed by atoms with Crippen LogP contribution in [0.15, 0.2) is 0 Å². The zero-order valence-electron chi connectivity index (χ0n) is 74.1. The van der Waals surface area contributed by atoms with Gasteiger partial charge >= 0.3 is 63.2 Å². The fourth-order valence-corrected chi connectivity index (χ4v) is 34.7. The van der Waals surface area contributed by atoms with Gasteiger partial charge in [0, 0.05) is 0 Å². The zero-order chi connectivity index (χ0) is 80.9. The van der Waals surface area contributed by atoms with Crippen LogP contribution in [-0.4, -0.2) is 46.0 Å². The first-order chi connectivity index (χ1) is 52.1. The fourth-order valence-electron chi connectivity index (χ4n) is 13.9. The molecule has 0 aromatic heterocycles. The van der Waals surface area contributed by atoms with Gasteiger partial charge in [0.05, 0.1) is 0 Å². The van der Waals surface area contributed by atoms with Crippen molar-refractivity contribution >= 4 is 112 Å². The van der Waals surface area contributed by atoms with E-state index < -0.39 is 63.1 Å². The summed E-state index contributed by atoms with van der Waals surface area (Å²) in [6.45, 7) is 18.0. The van der Waals surface area contributed by atoms with Gasteiger partial charge in [0.25, 0.3) is 0 Å². The molecule has 0 atom stereocenters. The van der Waals surface area contributed by atoms with Crippen LogP contribution in [0.3, 0.4) is 0 Å². The third kappa shape index (κ3) is 109. The van der Waals surface area contributed by atoms with Crippen molar-refractivity contribution in [3.8, 4) is 0 Å². The van der Waals surface area contributed by atoms with Crippen LogP contribution in [0.5, 0.6) is 0 Å². The molecule has 0 fully saturated rings. The first kappa shape index (κ1) is 130. The van der Waals surface area contributed by atoms with Gasteiger partial charge in [-0.1, -0.05) is 466 Å². The van der Waals surface area contributed by atoms with Crippen molar-refractivity contribution in [3.63, 3.8) is 0 Å². The zero-order valence-corrected chi connectivity index (χ0v) is 90.2. The van der Waals surface area contributed by atoms with Crippen LogP contribution >= 0.6 is 22.8 Å². The van der Waals surface area contributed by atoms with E-state index in [9.17, 15) is 39.1 Å². The molecular formula is C88H184Mo3O8P4S8. The van der Waals surface area contributed by atoms with E-state index in [1.165, 1.54) is 411 Å². The Hall–Kier alpha value is 6.26. The van der Waals surface area contributed by atoms with Crippen LogP contribution in [0.2, 0.25) is 0 Å². The Labute approximate surface area is 770 Å². The smallest absolute Gasteiger partial charge is 0.854 e. The third-order valence-electron chi connectivity index (χ3n) is 21.1. The van der Waals surface area contributed by atoms with Crippen molar-refractivity contribution in [3.05, 3.63) is 0 Å². The molecule has 111 heavy (non-hydrogen) atoms. The average molecular weight is 2040 g/mol. The topological polar surface area (TPSA) is 184 Å². The summed E-state index contributed by atoms with van der Waals surface area (Å²) in [6.07, 6.45) is 92.0. The van der Waals surface area contributed by atoms with Crippen molar-refractivity contribution in [2.45, 2.75) is 518 Å². The molecule has 0 saturated heterocycles. The van der Waals surface area contributed by atoms with Crippen LogP contribution < -0.4 is 39.1 Å². The molecule has 0 aromatic carbocycles. The number of unbranched alkanes of at least 4 members (excludes halogenated alkanes) is 64. The summed E-state index contributed by atoms with van der Waals surface area (Å²) in [6, 6.07) is 0. The van der Waals surface area contributed by atoms with Crippen LogP contribution in [0, 0.1) is 0 Å². The van der Waals surface area contributed by atoms with Crippen LogP contribution in [0.25, 0.3) is 0 Å². The van der Waals surface area contributed by atoms with E-state index in [1.807, 2.05) is 0 Å². The molecule has 0 N–H and O–H groups in total. The first-order valence-corrected chi connectivity index (χ1v) is 66.1. The molecule has 0 rings (SSSR count). The predicted octanol–water partition coefficient (Wildman–Crippen LogP) is 26.4. The summed E-state index contributed by atoms with van der Waals surface area (Å²) in [4.78, 5) is 95.4. The molecule has 0 aromatic rings. The molecule has 0 aliphatic rings. The first-order valence-electron chi connectivity index (χ1n) is 46.9.